The summed E-state index contributed by atoms with van der Waals surface area (Å²) >= 11 is 6.15. The monoisotopic (exact) mass is 336 g/mol. The topological polar surface area (TPSA) is 71.1 Å². The van der Waals surface area contributed by atoms with E-state index in [1.807, 2.05) is 4.90 Å². The van der Waals surface area contributed by atoms with Crippen LogP contribution in [0.25, 0.3) is 11.4 Å². The molecule has 2 aromatic heterocycles. The number of halogens is 2. The first-order chi connectivity index (χ1) is 11.1. The van der Waals surface area contributed by atoms with E-state index in [1.54, 1.807) is 6.07 Å². The molecule has 4 heterocycles. The van der Waals surface area contributed by atoms with Gasteiger partial charge in [0.15, 0.2) is 5.82 Å². The maximum atomic E-state index is 13.3. The van der Waals surface area contributed by atoms with Crippen LogP contribution in [0.15, 0.2) is 23.1 Å². The van der Waals surface area contributed by atoms with Crippen molar-refractivity contribution in [3.8, 4) is 11.4 Å². The van der Waals surface area contributed by atoms with Gasteiger partial charge >= 0.3 is 0 Å². The van der Waals surface area contributed by atoms with Crippen molar-refractivity contribution in [3.05, 3.63) is 39.7 Å². The molecule has 0 radical (unpaired) electrons. The normalized spacial score (nSPS) is 19.1. The summed E-state index contributed by atoms with van der Waals surface area (Å²) in [7, 11) is 0. The van der Waals surface area contributed by atoms with Crippen LogP contribution >= 0.6 is 11.6 Å². The Morgan fingerprint density at radius 1 is 1.43 bits per heavy atom. The molecule has 0 amide bonds. The van der Waals surface area contributed by atoms with Crippen LogP contribution < -0.4 is 10.5 Å². The minimum Gasteiger partial charge on any atom is -0.380 e. The number of rotatable bonds is 2. The average molecular weight is 337 g/mol. The van der Waals surface area contributed by atoms with Crippen LogP contribution in [0.5, 0.6) is 0 Å². The fourth-order valence-electron chi connectivity index (χ4n) is 3.09. The van der Waals surface area contributed by atoms with Gasteiger partial charge in [-0.05, 0) is 12.5 Å². The molecule has 0 aromatic carbocycles. The predicted molar refractivity (Wildman–Crippen MR) is 83.1 cm³/mol. The van der Waals surface area contributed by atoms with Crippen LogP contribution in [0.4, 0.5) is 10.2 Å². The van der Waals surface area contributed by atoms with E-state index >= 15 is 0 Å². The van der Waals surface area contributed by atoms with Crippen molar-refractivity contribution in [1.29, 1.82) is 0 Å². The first-order valence-corrected chi connectivity index (χ1v) is 7.69. The highest BCUT2D eigenvalue weighted by Crippen LogP contribution is 2.40. The number of nitrogens with one attached hydrogen (secondary N) is 1. The lowest BCUT2D eigenvalue weighted by atomic mass is 9.85. The smallest absolute Gasteiger partial charge is 0.272 e. The Labute approximate surface area is 136 Å². The number of anilines is 1. The summed E-state index contributed by atoms with van der Waals surface area (Å²) in [5.74, 6) is 0.0845. The third-order valence-corrected chi connectivity index (χ3v) is 4.74. The van der Waals surface area contributed by atoms with Crippen molar-refractivity contribution < 1.29 is 9.13 Å². The van der Waals surface area contributed by atoms with Gasteiger partial charge in [-0.3, -0.25) is 4.79 Å². The summed E-state index contributed by atoms with van der Waals surface area (Å²) in [6.45, 7) is 2.98. The predicted octanol–water partition coefficient (Wildman–Crippen LogP) is 1.85. The second-order valence-electron chi connectivity index (χ2n) is 6.08. The Kier molecular flexibility index (Phi) is 3.35. The molecule has 0 unspecified atom stereocenters. The molecular weight excluding hydrogens is 323 g/mol. The van der Waals surface area contributed by atoms with Gasteiger partial charge in [0.2, 0.25) is 5.95 Å². The molecule has 2 fully saturated rings. The highest BCUT2D eigenvalue weighted by Gasteiger charge is 2.45. The van der Waals surface area contributed by atoms with E-state index in [2.05, 4.69) is 15.0 Å². The van der Waals surface area contributed by atoms with Gasteiger partial charge in [0, 0.05) is 36.3 Å². The minimum absolute atomic E-state index is 0.0561. The van der Waals surface area contributed by atoms with Gasteiger partial charge < -0.3 is 14.6 Å². The lowest BCUT2D eigenvalue weighted by molar-refractivity contribution is -0.0985. The van der Waals surface area contributed by atoms with Crippen molar-refractivity contribution in [3.63, 3.8) is 0 Å². The zero-order chi connectivity index (χ0) is 16.0. The lowest BCUT2D eigenvalue weighted by Gasteiger charge is -2.37. The number of pyridine rings is 1. The molecule has 2 aromatic rings. The van der Waals surface area contributed by atoms with Gasteiger partial charge in [0.05, 0.1) is 13.2 Å². The maximum absolute atomic E-state index is 13.3. The largest absolute Gasteiger partial charge is 0.380 e. The number of aromatic nitrogens is 3. The molecule has 23 heavy (non-hydrogen) atoms. The number of hydrogen-bond acceptors (Lipinski definition) is 5. The second-order valence-corrected chi connectivity index (χ2v) is 6.46. The van der Waals surface area contributed by atoms with Gasteiger partial charge in [-0.25, -0.2) is 9.97 Å². The first kappa shape index (κ1) is 14.6. The molecular formula is C15H14ClFN4O2. The zero-order valence-electron chi connectivity index (χ0n) is 12.2. The van der Waals surface area contributed by atoms with Crippen LogP contribution in [0.1, 0.15) is 6.42 Å². The summed E-state index contributed by atoms with van der Waals surface area (Å²) in [5.41, 5.74) is 0.166. The van der Waals surface area contributed by atoms with Crippen molar-refractivity contribution in [1.82, 2.24) is 15.0 Å². The quantitative estimate of drug-likeness (QED) is 0.847. The second kappa shape index (κ2) is 5.28. The number of nitrogens with zero attached hydrogens (tertiary/aromatic N) is 3. The molecule has 2 aliphatic heterocycles. The number of ether oxygens (including phenoxy) is 1. The van der Waals surface area contributed by atoms with Crippen molar-refractivity contribution in [2.75, 3.05) is 31.2 Å². The molecule has 0 bridgehead atoms. The average Bonchev–Trinajstić information content (AvgIpc) is 2.95. The van der Waals surface area contributed by atoms with Crippen LogP contribution in [0, 0.1) is 11.4 Å². The van der Waals surface area contributed by atoms with Crippen molar-refractivity contribution in [2.45, 2.75) is 6.42 Å². The van der Waals surface area contributed by atoms with Gasteiger partial charge in [-0.1, -0.05) is 11.6 Å². The SMILES string of the molecule is O=c1[nH]c(-c2ccnc(F)c2)nc(N2CCC3(COC3)C2)c1Cl. The van der Waals surface area contributed by atoms with Crippen LogP contribution in [-0.2, 0) is 4.74 Å². The molecule has 0 atom stereocenters. The van der Waals surface area contributed by atoms with Crippen LogP contribution in [0.3, 0.4) is 0 Å². The van der Waals surface area contributed by atoms with Crippen molar-refractivity contribution in [2.24, 2.45) is 5.41 Å². The Hall–Kier alpha value is -1.99. The minimum atomic E-state index is -0.631. The highest BCUT2D eigenvalue weighted by molar-refractivity contribution is 6.32. The molecule has 4 rings (SSSR count). The van der Waals surface area contributed by atoms with Crippen molar-refractivity contribution >= 4 is 17.4 Å². The summed E-state index contributed by atoms with van der Waals surface area (Å²) in [5, 5.41) is 0.0561. The van der Waals surface area contributed by atoms with Gasteiger partial charge in [-0.2, -0.15) is 4.39 Å². The Balaban J connectivity index is 1.74. The first-order valence-electron chi connectivity index (χ1n) is 7.31. The number of hydrogen-bond donors (Lipinski definition) is 1. The number of aromatic amines is 1. The maximum Gasteiger partial charge on any atom is 0.272 e. The van der Waals surface area contributed by atoms with E-state index in [4.69, 9.17) is 16.3 Å². The molecule has 8 heteroatoms. The molecule has 0 saturated carbocycles. The van der Waals surface area contributed by atoms with Crippen LogP contribution in [-0.4, -0.2) is 41.3 Å². The third-order valence-electron chi connectivity index (χ3n) is 4.40. The molecule has 2 aliphatic rings. The Bertz CT molecular complexity index is 821. The fraction of sp³-hybridized carbons (Fsp3) is 0.400. The molecule has 120 valence electrons. The van der Waals surface area contributed by atoms with E-state index in [1.165, 1.54) is 12.3 Å². The molecule has 1 N–H and O–H groups in total. The molecule has 0 aliphatic carbocycles. The number of H-pyrrole nitrogens is 1. The van der Waals surface area contributed by atoms with Gasteiger partial charge in [-0.15, -0.1) is 0 Å². The summed E-state index contributed by atoms with van der Waals surface area (Å²) in [6.07, 6.45) is 2.31. The Morgan fingerprint density at radius 2 is 2.26 bits per heavy atom. The summed E-state index contributed by atoms with van der Waals surface area (Å²) in [4.78, 5) is 24.7. The van der Waals surface area contributed by atoms with Gasteiger partial charge in [0.25, 0.3) is 5.56 Å². The summed E-state index contributed by atoms with van der Waals surface area (Å²) in [6, 6.07) is 2.81. The van der Waals surface area contributed by atoms with E-state index in [0.717, 1.165) is 32.7 Å². The molecule has 1 spiro atoms. The summed E-state index contributed by atoms with van der Waals surface area (Å²) < 4.78 is 18.6. The van der Waals surface area contributed by atoms with Gasteiger partial charge in [0.1, 0.15) is 10.8 Å². The van der Waals surface area contributed by atoms with Crippen LogP contribution in [0.2, 0.25) is 5.02 Å². The van der Waals surface area contributed by atoms with E-state index in [0.29, 0.717) is 11.4 Å². The standard InChI is InChI=1S/C15H14ClFN4O2/c16-11-13(21-4-2-15(6-21)7-23-8-15)19-12(20-14(11)22)9-1-3-18-10(17)5-9/h1,3,5H,2,4,6-8H2,(H,19,20,22). The lowest BCUT2D eigenvalue weighted by Crippen LogP contribution is -2.44. The van der Waals surface area contributed by atoms with E-state index in [9.17, 15) is 9.18 Å². The zero-order valence-corrected chi connectivity index (χ0v) is 12.9. The van der Waals surface area contributed by atoms with E-state index in [-0.39, 0.29) is 16.3 Å². The third kappa shape index (κ3) is 2.49. The molecule has 2 saturated heterocycles. The van der Waals surface area contributed by atoms with E-state index < -0.39 is 11.5 Å². The fourth-order valence-corrected chi connectivity index (χ4v) is 3.29. The Morgan fingerprint density at radius 3 is 2.91 bits per heavy atom. The molecule has 6 nitrogen and oxygen atoms in total. The highest BCUT2D eigenvalue weighted by atomic mass is 35.5.